The smallest absolute Gasteiger partial charge is 0.258 e. The normalized spacial score (nSPS) is 16.4. The first-order valence-corrected chi connectivity index (χ1v) is 5.47. The Balaban J connectivity index is 2.24. The summed E-state index contributed by atoms with van der Waals surface area (Å²) in [4.78, 5) is 12.0. The highest BCUT2D eigenvalue weighted by atomic mass is 19.1. The van der Waals surface area contributed by atoms with Crippen LogP contribution in [0, 0.1) is 5.82 Å². The molecule has 1 aliphatic carbocycles. The molecule has 1 aliphatic rings. The molecule has 0 atom stereocenters. The Labute approximate surface area is 98.9 Å². The summed E-state index contributed by atoms with van der Waals surface area (Å²) in [6, 6.07) is 4.29. The summed E-state index contributed by atoms with van der Waals surface area (Å²) in [5, 5.41) is 2.76. The molecule has 0 unspecified atom stereocenters. The first-order valence-electron chi connectivity index (χ1n) is 5.47. The third-order valence-electron chi connectivity index (χ3n) is 3.05. The van der Waals surface area contributed by atoms with Crippen LogP contribution in [0.1, 0.15) is 23.2 Å². The van der Waals surface area contributed by atoms with E-state index in [9.17, 15) is 9.18 Å². The number of benzene rings is 1. The monoisotopic (exact) mass is 238 g/mol. The molecule has 0 aliphatic heterocycles. The van der Waals surface area contributed by atoms with Crippen molar-refractivity contribution in [3.05, 3.63) is 29.6 Å². The van der Waals surface area contributed by atoms with Crippen molar-refractivity contribution in [2.45, 2.75) is 18.4 Å². The van der Waals surface area contributed by atoms with Crippen molar-refractivity contribution in [2.75, 3.05) is 13.7 Å². The molecular weight excluding hydrogens is 223 g/mol. The molecule has 5 heteroatoms. The van der Waals surface area contributed by atoms with E-state index in [2.05, 4.69) is 5.32 Å². The van der Waals surface area contributed by atoms with Gasteiger partial charge < -0.3 is 15.8 Å². The van der Waals surface area contributed by atoms with Crippen LogP contribution in [0.4, 0.5) is 4.39 Å². The third kappa shape index (κ3) is 2.24. The molecule has 0 heterocycles. The predicted octanol–water partition coefficient (Wildman–Crippen LogP) is 1.06. The van der Waals surface area contributed by atoms with Gasteiger partial charge in [-0.2, -0.15) is 0 Å². The SMILES string of the molecule is COc1cccc(F)c1C(=O)NC1(CN)CC1. The second kappa shape index (κ2) is 4.33. The lowest BCUT2D eigenvalue weighted by Crippen LogP contribution is -2.42. The molecule has 1 aromatic carbocycles. The number of nitrogens with two attached hydrogens (primary N) is 1. The molecule has 0 radical (unpaired) electrons. The number of hydrogen-bond donors (Lipinski definition) is 2. The second-order valence-corrected chi connectivity index (χ2v) is 4.26. The maximum absolute atomic E-state index is 13.6. The minimum Gasteiger partial charge on any atom is -0.496 e. The van der Waals surface area contributed by atoms with Crippen molar-refractivity contribution in [2.24, 2.45) is 5.73 Å². The van der Waals surface area contributed by atoms with E-state index < -0.39 is 11.7 Å². The van der Waals surface area contributed by atoms with Gasteiger partial charge in [0.2, 0.25) is 0 Å². The molecular formula is C12H15FN2O2. The molecule has 1 amide bonds. The fourth-order valence-corrected chi connectivity index (χ4v) is 1.73. The van der Waals surface area contributed by atoms with Gasteiger partial charge in [-0.15, -0.1) is 0 Å². The molecule has 92 valence electrons. The maximum atomic E-state index is 13.6. The lowest BCUT2D eigenvalue weighted by atomic mass is 10.1. The van der Waals surface area contributed by atoms with E-state index in [4.69, 9.17) is 10.5 Å². The van der Waals surface area contributed by atoms with Crippen molar-refractivity contribution in [3.63, 3.8) is 0 Å². The summed E-state index contributed by atoms with van der Waals surface area (Å²) in [7, 11) is 1.40. The lowest BCUT2D eigenvalue weighted by molar-refractivity contribution is 0.0925. The van der Waals surface area contributed by atoms with Crippen LogP contribution in [0.15, 0.2) is 18.2 Å². The van der Waals surface area contributed by atoms with Gasteiger partial charge in [-0.1, -0.05) is 6.07 Å². The number of halogens is 1. The number of ether oxygens (including phenoxy) is 1. The van der Waals surface area contributed by atoms with E-state index in [-0.39, 0.29) is 16.9 Å². The summed E-state index contributed by atoms with van der Waals surface area (Å²) in [5.41, 5.74) is 5.16. The maximum Gasteiger partial charge on any atom is 0.258 e. The number of nitrogens with one attached hydrogen (secondary N) is 1. The van der Waals surface area contributed by atoms with Crippen molar-refractivity contribution >= 4 is 5.91 Å². The number of carbonyl (C=O) groups is 1. The number of rotatable bonds is 4. The Hall–Kier alpha value is -1.62. The van der Waals surface area contributed by atoms with E-state index in [0.717, 1.165) is 12.8 Å². The second-order valence-electron chi connectivity index (χ2n) is 4.26. The molecule has 1 saturated carbocycles. The largest absolute Gasteiger partial charge is 0.496 e. The van der Waals surface area contributed by atoms with Crippen molar-refractivity contribution in [1.29, 1.82) is 0 Å². The van der Waals surface area contributed by atoms with Crippen LogP contribution < -0.4 is 15.8 Å². The summed E-state index contributed by atoms with van der Waals surface area (Å²) in [6.45, 7) is 0.371. The van der Waals surface area contributed by atoms with E-state index in [1.54, 1.807) is 6.07 Å². The van der Waals surface area contributed by atoms with Crippen LogP contribution in [0.3, 0.4) is 0 Å². The number of hydrogen-bond acceptors (Lipinski definition) is 3. The Morgan fingerprint density at radius 3 is 2.82 bits per heavy atom. The van der Waals surface area contributed by atoms with Gasteiger partial charge in [0.25, 0.3) is 5.91 Å². The van der Waals surface area contributed by atoms with Gasteiger partial charge in [0, 0.05) is 6.54 Å². The average molecular weight is 238 g/mol. The van der Waals surface area contributed by atoms with Crippen LogP contribution >= 0.6 is 0 Å². The van der Waals surface area contributed by atoms with E-state index in [1.807, 2.05) is 0 Å². The van der Waals surface area contributed by atoms with E-state index in [0.29, 0.717) is 6.54 Å². The Kier molecular flexibility index (Phi) is 3.02. The van der Waals surface area contributed by atoms with E-state index >= 15 is 0 Å². The highest BCUT2D eigenvalue weighted by Crippen LogP contribution is 2.35. The summed E-state index contributed by atoms with van der Waals surface area (Å²) < 4.78 is 18.6. The van der Waals surface area contributed by atoms with Gasteiger partial charge in [0.15, 0.2) is 0 Å². The summed E-state index contributed by atoms with van der Waals surface area (Å²) >= 11 is 0. The molecule has 0 bridgehead atoms. The van der Waals surface area contributed by atoms with Gasteiger partial charge in [-0.05, 0) is 25.0 Å². The molecule has 17 heavy (non-hydrogen) atoms. The average Bonchev–Trinajstić information content (AvgIpc) is 3.08. The van der Waals surface area contributed by atoms with Crippen LogP contribution in [-0.4, -0.2) is 25.1 Å². The highest BCUT2D eigenvalue weighted by molar-refractivity contribution is 5.97. The zero-order valence-electron chi connectivity index (χ0n) is 9.63. The summed E-state index contributed by atoms with van der Waals surface area (Å²) in [6.07, 6.45) is 1.68. The van der Waals surface area contributed by atoms with Gasteiger partial charge in [-0.3, -0.25) is 4.79 Å². The fourth-order valence-electron chi connectivity index (χ4n) is 1.73. The summed E-state index contributed by atoms with van der Waals surface area (Å²) in [5.74, 6) is -0.826. The van der Waals surface area contributed by atoms with Crippen LogP contribution in [0.2, 0.25) is 0 Å². The first kappa shape index (κ1) is 11.9. The Morgan fingerprint density at radius 1 is 1.59 bits per heavy atom. The molecule has 1 fully saturated rings. The molecule has 2 rings (SSSR count). The first-order chi connectivity index (χ1) is 8.12. The minimum atomic E-state index is -0.588. The number of carbonyl (C=O) groups excluding carboxylic acids is 1. The standard InChI is InChI=1S/C12H15FN2O2/c1-17-9-4-2-3-8(13)10(9)11(16)15-12(7-14)5-6-12/h2-4H,5-7,14H2,1H3,(H,15,16). The number of methoxy groups -OCH3 is 1. The molecule has 0 saturated heterocycles. The van der Waals surface area contributed by atoms with Gasteiger partial charge >= 0.3 is 0 Å². The zero-order chi connectivity index (χ0) is 12.5. The molecule has 3 N–H and O–H groups in total. The quantitative estimate of drug-likeness (QED) is 0.824. The fraction of sp³-hybridized carbons (Fsp3) is 0.417. The van der Waals surface area contributed by atoms with Crippen molar-refractivity contribution in [1.82, 2.24) is 5.32 Å². The highest BCUT2D eigenvalue weighted by Gasteiger charge is 2.43. The zero-order valence-corrected chi connectivity index (χ0v) is 9.63. The third-order valence-corrected chi connectivity index (χ3v) is 3.05. The lowest BCUT2D eigenvalue weighted by Gasteiger charge is -2.16. The molecule has 1 aromatic rings. The van der Waals surface area contributed by atoms with E-state index in [1.165, 1.54) is 19.2 Å². The predicted molar refractivity (Wildman–Crippen MR) is 61.4 cm³/mol. The topological polar surface area (TPSA) is 64.3 Å². The van der Waals surface area contributed by atoms with Gasteiger partial charge in [-0.25, -0.2) is 4.39 Å². The van der Waals surface area contributed by atoms with Crippen LogP contribution in [0.5, 0.6) is 5.75 Å². The Bertz CT molecular complexity index is 444. The van der Waals surface area contributed by atoms with Gasteiger partial charge in [0.1, 0.15) is 17.1 Å². The van der Waals surface area contributed by atoms with Crippen molar-refractivity contribution in [3.8, 4) is 5.75 Å². The van der Waals surface area contributed by atoms with Crippen molar-refractivity contribution < 1.29 is 13.9 Å². The minimum absolute atomic E-state index is 0.0604. The van der Waals surface area contributed by atoms with Crippen LogP contribution in [-0.2, 0) is 0 Å². The molecule has 0 spiro atoms. The van der Waals surface area contributed by atoms with Crippen LogP contribution in [0.25, 0.3) is 0 Å². The Morgan fingerprint density at radius 2 is 2.29 bits per heavy atom. The molecule has 4 nitrogen and oxygen atoms in total. The molecule has 0 aromatic heterocycles. The number of amides is 1. The van der Waals surface area contributed by atoms with Gasteiger partial charge in [0.05, 0.1) is 12.6 Å².